The zero-order chi connectivity index (χ0) is 26.4. The number of hydrogen-bond donors (Lipinski definition) is 0. The zero-order valence-corrected chi connectivity index (χ0v) is 22.9. The number of methoxy groups -OCH3 is 2. The van der Waals surface area contributed by atoms with Crippen LogP contribution in [0.25, 0.3) is 0 Å². The summed E-state index contributed by atoms with van der Waals surface area (Å²) in [6.45, 7) is 0. The zero-order valence-electron chi connectivity index (χ0n) is 22.9. The van der Waals surface area contributed by atoms with Crippen LogP contribution in [0.4, 0.5) is 0 Å². The van der Waals surface area contributed by atoms with Crippen LogP contribution >= 0.6 is 0 Å². The maximum atomic E-state index is 11.0. The van der Waals surface area contributed by atoms with E-state index in [0.717, 1.165) is 38.5 Å². The van der Waals surface area contributed by atoms with E-state index < -0.39 is 0 Å². The molecule has 0 radical (unpaired) electrons. The third kappa shape index (κ3) is 27.6. The van der Waals surface area contributed by atoms with E-state index in [1.807, 2.05) is 36.5 Å². The number of unbranched alkanes of at least 4 members (excludes halogenated alkanes) is 12. The first-order valence-electron chi connectivity index (χ1n) is 13.8. The molecule has 0 aromatic rings. The molecule has 0 N–H and O–H groups in total. The summed E-state index contributed by atoms with van der Waals surface area (Å²) in [6, 6.07) is 0. The van der Waals surface area contributed by atoms with Crippen molar-refractivity contribution in [1.82, 2.24) is 0 Å². The topological polar surface area (TPSA) is 52.6 Å². The van der Waals surface area contributed by atoms with Crippen LogP contribution in [0, 0.1) is 0 Å². The summed E-state index contributed by atoms with van der Waals surface area (Å²) < 4.78 is 9.29. The third-order valence-corrected chi connectivity index (χ3v) is 5.73. The Kier molecular flexibility index (Phi) is 26.5. The quantitative estimate of drug-likeness (QED) is 0.0801. The van der Waals surface area contributed by atoms with E-state index in [-0.39, 0.29) is 11.9 Å². The van der Waals surface area contributed by atoms with Crippen LogP contribution in [0.15, 0.2) is 72.9 Å². The number of esters is 2. The molecule has 0 unspecified atom stereocenters. The number of ether oxygens (including phenoxy) is 2. The number of carbonyl (C=O) groups is 2. The van der Waals surface area contributed by atoms with Gasteiger partial charge in [-0.3, -0.25) is 9.59 Å². The van der Waals surface area contributed by atoms with Crippen molar-refractivity contribution in [3.05, 3.63) is 72.9 Å². The van der Waals surface area contributed by atoms with Crippen LogP contribution in [0.1, 0.15) is 103 Å². The van der Waals surface area contributed by atoms with Gasteiger partial charge in [0.15, 0.2) is 0 Å². The lowest BCUT2D eigenvalue weighted by molar-refractivity contribution is -0.141. The molecule has 0 bridgehead atoms. The maximum absolute atomic E-state index is 11.0. The molecule has 0 amide bonds. The van der Waals surface area contributed by atoms with E-state index in [0.29, 0.717) is 12.8 Å². The van der Waals surface area contributed by atoms with Crippen LogP contribution in [0.3, 0.4) is 0 Å². The molecule has 36 heavy (non-hydrogen) atoms. The average molecular weight is 499 g/mol. The van der Waals surface area contributed by atoms with E-state index in [1.165, 1.54) is 65.6 Å². The molecule has 0 aliphatic rings. The van der Waals surface area contributed by atoms with Gasteiger partial charge in [-0.1, -0.05) is 124 Å². The highest BCUT2D eigenvalue weighted by Gasteiger charge is 1.99. The van der Waals surface area contributed by atoms with Gasteiger partial charge in [0.05, 0.1) is 14.2 Å². The van der Waals surface area contributed by atoms with Gasteiger partial charge in [-0.2, -0.15) is 0 Å². The standard InChI is InChI=1S/C32H50O4/c1-35-31(33)29-27-25-23-21-19-17-15-13-11-9-7-5-3-4-6-8-10-12-14-16-18-20-22-24-26-28-30-32(34)36-2/h3-14H,15-30H2,1-2H3/b5-3+,6-4+,9-7+,10-8+,13-11+,14-12+. The number of hydrogen-bond acceptors (Lipinski definition) is 4. The van der Waals surface area contributed by atoms with Crippen LogP contribution in [-0.4, -0.2) is 26.2 Å². The smallest absolute Gasteiger partial charge is 0.305 e. The fourth-order valence-corrected chi connectivity index (χ4v) is 3.54. The molecule has 0 saturated heterocycles. The Labute approximate surface area is 220 Å². The number of carbonyl (C=O) groups excluding carboxylic acids is 2. The summed E-state index contributed by atoms with van der Waals surface area (Å²) in [5.74, 6) is -0.195. The lowest BCUT2D eigenvalue weighted by Crippen LogP contribution is -1.99. The largest absolute Gasteiger partial charge is 0.469 e. The van der Waals surface area contributed by atoms with Crippen molar-refractivity contribution < 1.29 is 19.1 Å². The first-order chi connectivity index (χ1) is 17.7. The predicted octanol–water partition coefficient (Wildman–Crippen LogP) is 8.91. The highest BCUT2D eigenvalue weighted by atomic mass is 16.5. The Hall–Kier alpha value is -2.62. The molecular weight excluding hydrogens is 448 g/mol. The molecule has 0 heterocycles. The summed E-state index contributed by atoms with van der Waals surface area (Å²) in [5, 5.41) is 0. The molecular formula is C32H50O4. The summed E-state index contributed by atoms with van der Waals surface area (Å²) in [5.41, 5.74) is 0. The molecule has 0 aliphatic carbocycles. The maximum Gasteiger partial charge on any atom is 0.305 e. The molecule has 0 aliphatic heterocycles. The Balaban J connectivity index is 3.52. The van der Waals surface area contributed by atoms with Gasteiger partial charge in [0, 0.05) is 12.8 Å². The SMILES string of the molecule is COC(=O)CCCCCCCC/C=C/C=C/C=C/C=C/C=C/C=C/CCCCCCCCC(=O)OC. The summed E-state index contributed by atoms with van der Waals surface area (Å²) in [4.78, 5) is 22.0. The normalized spacial score (nSPS) is 12.4. The first kappa shape index (κ1) is 33.4. The number of allylic oxidation sites excluding steroid dienone is 12. The minimum atomic E-state index is -0.0973. The van der Waals surface area contributed by atoms with Gasteiger partial charge in [-0.05, 0) is 38.5 Å². The average Bonchev–Trinajstić information content (AvgIpc) is 2.89. The van der Waals surface area contributed by atoms with Crippen LogP contribution < -0.4 is 0 Å². The van der Waals surface area contributed by atoms with E-state index in [2.05, 4.69) is 45.9 Å². The van der Waals surface area contributed by atoms with Crippen LogP contribution in [0.5, 0.6) is 0 Å². The Morgan fingerprint density at radius 2 is 0.694 bits per heavy atom. The molecule has 0 rings (SSSR count). The van der Waals surface area contributed by atoms with Crippen molar-refractivity contribution in [2.45, 2.75) is 103 Å². The minimum absolute atomic E-state index is 0.0973. The monoisotopic (exact) mass is 498 g/mol. The molecule has 0 atom stereocenters. The molecule has 4 heteroatoms. The summed E-state index contributed by atoms with van der Waals surface area (Å²) in [6.07, 6.45) is 42.3. The van der Waals surface area contributed by atoms with Gasteiger partial charge in [0.1, 0.15) is 0 Å². The molecule has 0 aromatic heterocycles. The van der Waals surface area contributed by atoms with Gasteiger partial charge in [0.2, 0.25) is 0 Å². The lowest BCUT2D eigenvalue weighted by atomic mass is 10.1. The molecule has 0 fully saturated rings. The Morgan fingerprint density at radius 1 is 0.417 bits per heavy atom. The van der Waals surface area contributed by atoms with E-state index >= 15 is 0 Å². The van der Waals surface area contributed by atoms with Gasteiger partial charge in [0.25, 0.3) is 0 Å². The minimum Gasteiger partial charge on any atom is -0.469 e. The van der Waals surface area contributed by atoms with Crippen LogP contribution in [-0.2, 0) is 19.1 Å². The molecule has 0 spiro atoms. The fourth-order valence-electron chi connectivity index (χ4n) is 3.54. The van der Waals surface area contributed by atoms with Crippen LogP contribution in [0.2, 0.25) is 0 Å². The van der Waals surface area contributed by atoms with E-state index in [4.69, 9.17) is 0 Å². The van der Waals surface area contributed by atoms with Crippen molar-refractivity contribution in [2.24, 2.45) is 0 Å². The van der Waals surface area contributed by atoms with Gasteiger partial charge in [-0.15, -0.1) is 0 Å². The summed E-state index contributed by atoms with van der Waals surface area (Å²) >= 11 is 0. The van der Waals surface area contributed by atoms with Gasteiger partial charge >= 0.3 is 11.9 Å². The highest BCUT2D eigenvalue weighted by molar-refractivity contribution is 5.69. The fraction of sp³-hybridized carbons (Fsp3) is 0.562. The molecule has 4 nitrogen and oxygen atoms in total. The van der Waals surface area contributed by atoms with Crippen molar-refractivity contribution in [2.75, 3.05) is 14.2 Å². The third-order valence-electron chi connectivity index (χ3n) is 5.73. The Bertz CT molecular complexity index is 635. The lowest BCUT2D eigenvalue weighted by Gasteiger charge is -2.00. The second-order valence-electron chi connectivity index (χ2n) is 8.87. The molecule has 0 aromatic carbocycles. The molecule has 0 saturated carbocycles. The Morgan fingerprint density at radius 3 is 1.03 bits per heavy atom. The predicted molar refractivity (Wildman–Crippen MR) is 153 cm³/mol. The molecule has 202 valence electrons. The van der Waals surface area contributed by atoms with Crippen molar-refractivity contribution >= 4 is 11.9 Å². The second kappa shape index (κ2) is 28.6. The van der Waals surface area contributed by atoms with E-state index in [9.17, 15) is 9.59 Å². The highest BCUT2D eigenvalue weighted by Crippen LogP contribution is 2.10. The van der Waals surface area contributed by atoms with Gasteiger partial charge in [-0.25, -0.2) is 0 Å². The second-order valence-corrected chi connectivity index (χ2v) is 8.87. The van der Waals surface area contributed by atoms with Crippen molar-refractivity contribution in [1.29, 1.82) is 0 Å². The first-order valence-corrected chi connectivity index (χ1v) is 13.8. The van der Waals surface area contributed by atoms with Gasteiger partial charge < -0.3 is 9.47 Å². The number of rotatable bonds is 23. The van der Waals surface area contributed by atoms with Crippen molar-refractivity contribution in [3.8, 4) is 0 Å². The summed E-state index contributed by atoms with van der Waals surface area (Å²) in [7, 11) is 2.90. The van der Waals surface area contributed by atoms with Crippen molar-refractivity contribution in [3.63, 3.8) is 0 Å². The van der Waals surface area contributed by atoms with E-state index in [1.54, 1.807) is 0 Å².